The number of carbonyl (C=O) groups excluding carboxylic acids is 2. The third kappa shape index (κ3) is 4.78. The number of nitrogens with one attached hydrogen (secondary N) is 1. The molecule has 0 spiro atoms. The summed E-state index contributed by atoms with van der Waals surface area (Å²) in [4.78, 5) is 38.3. The molecule has 1 aromatic heterocycles. The van der Waals surface area contributed by atoms with Gasteiger partial charge in [-0.15, -0.1) is 0 Å². The van der Waals surface area contributed by atoms with E-state index in [0.717, 1.165) is 11.8 Å². The van der Waals surface area contributed by atoms with Gasteiger partial charge in [0.1, 0.15) is 16.3 Å². The number of amides is 1. The zero-order valence-corrected chi connectivity index (χ0v) is 20.7. The number of aliphatic imine (C=N–C) groups is 1. The maximum absolute atomic E-state index is 15.1. The molecule has 1 aliphatic carbocycles. The number of alkyl halides is 2. The van der Waals surface area contributed by atoms with Crippen LogP contribution in [-0.2, 0) is 16.8 Å². The van der Waals surface area contributed by atoms with Crippen LogP contribution in [0.5, 0.6) is 5.88 Å². The number of ether oxygens (including phenoxy) is 1. The molecule has 2 heterocycles. The maximum atomic E-state index is 15.1. The predicted octanol–water partition coefficient (Wildman–Crippen LogP) is 3.25. The average molecular weight is 522 g/mol. The first-order valence-corrected chi connectivity index (χ1v) is 12.2. The summed E-state index contributed by atoms with van der Waals surface area (Å²) in [5.41, 5.74) is 5.65. The number of rotatable bonds is 9. The van der Waals surface area contributed by atoms with E-state index in [4.69, 9.17) is 10.5 Å². The van der Waals surface area contributed by atoms with Gasteiger partial charge in [0, 0.05) is 17.9 Å². The van der Waals surface area contributed by atoms with Crippen molar-refractivity contribution in [2.24, 2.45) is 16.6 Å². The number of fused-ring (bicyclic) bond motifs is 1. The van der Waals surface area contributed by atoms with E-state index in [9.17, 15) is 18.4 Å². The molecule has 0 bridgehead atoms. The molecule has 3 N–H and O–H groups in total. The zero-order valence-electron chi connectivity index (χ0n) is 19.9. The van der Waals surface area contributed by atoms with Gasteiger partial charge in [0.15, 0.2) is 11.0 Å². The highest BCUT2D eigenvalue weighted by Gasteiger charge is 2.70. The molecule has 1 aromatic carbocycles. The van der Waals surface area contributed by atoms with E-state index in [-0.39, 0.29) is 28.6 Å². The number of ketones is 1. The van der Waals surface area contributed by atoms with Gasteiger partial charge in [0.2, 0.25) is 11.8 Å². The Morgan fingerprint density at radius 3 is 2.69 bits per heavy atom. The number of aromatic nitrogens is 2. The molecule has 12 heteroatoms. The normalized spacial score (nSPS) is 25.5. The summed E-state index contributed by atoms with van der Waals surface area (Å²) in [5, 5.41) is 2.41. The van der Waals surface area contributed by atoms with E-state index < -0.39 is 40.4 Å². The van der Waals surface area contributed by atoms with E-state index in [1.54, 1.807) is 13.8 Å². The molecule has 4 rings (SSSR count). The van der Waals surface area contributed by atoms with Crippen molar-refractivity contribution in [2.45, 2.75) is 56.4 Å². The quantitative estimate of drug-likeness (QED) is 0.486. The van der Waals surface area contributed by atoms with Crippen molar-refractivity contribution in [2.75, 3.05) is 6.61 Å². The van der Waals surface area contributed by atoms with Gasteiger partial charge in [-0.25, -0.2) is 23.1 Å². The van der Waals surface area contributed by atoms with Crippen LogP contribution in [0, 0.1) is 11.7 Å². The van der Waals surface area contributed by atoms with Crippen LogP contribution in [0.25, 0.3) is 0 Å². The van der Waals surface area contributed by atoms with Crippen molar-refractivity contribution in [3.8, 4) is 5.88 Å². The Morgan fingerprint density at radius 2 is 2.06 bits per heavy atom. The SMILES string of the molecule is CCOc1cnc(C(=O)Cc2ccc(F)c([C@@]3(C)N=C(N)S[C@@]4(C(=O)NC(C)C(F)F)C[C@H]43)c2)cn1. The van der Waals surface area contributed by atoms with Crippen LogP contribution in [0.4, 0.5) is 13.2 Å². The summed E-state index contributed by atoms with van der Waals surface area (Å²) >= 11 is 1.01. The monoisotopic (exact) mass is 521 g/mol. The molecule has 36 heavy (non-hydrogen) atoms. The minimum atomic E-state index is -2.72. The summed E-state index contributed by atoms with van der Waals surface area (Å²) in [7, 11) is 0. The van der Waals surface area contributed by atoms with Crippen molar-refractivity contribution in [1.82, 2.24) is 15.3 Å². The van der Waals surface area contributed by atoms with Crippen LogP contribution >= 0.6 is 11.8 Å². The van der Waals surface area contributed by atoms with E-state index in [2.05, 4.69) is 20.3 Å². The molecular formula is C24H26F3N5O3S. The van der Waals surface area contributed by atoms with Gasteiger partial charge >= 0.3 is 0 Å². The Morgan fingerprint density at radius 1 is 1.31 bits per heavy atom. The van der Waals surface area contributed by atoms with Crippen molar-refractivity contribution in [3.63, 3.8) is 0 Å². The molecule has 4 atom stereocenters. The van der Waals surface area contributed by atoms with E-state index in [1.807, 2.05) is 0 Å². The number of halogens is 3. The predicted molar refractivity (Wildman–Crippen MR) is 129 cm³/mol. The van der Waals surface area contributed by atoms with E-state index in [1.165, 1.54) is 37.5 Å². The largest absolute Gasteiger partial charge is 0.477 e. The Hall–Kier alpha value is -3.15. The van der Waals surface area contributed by atoms with Crippen LogP contribution in [0.1, 0.15) is 48.8 Å². The summed E-state index contributed by atoms with van der Waals surface area (Å²) in [6.07, 6.45) is 0.185. The fourth-order valence-electron chi connectivity index (χ4n) is 4.49. The molecular weight excluding hydrogens is 495 g/mol. The third-order valence-corrected chi connectivity index (χ3v) is 7.79. The summed E-state index contributed by atoms with van der Waals surface area (Å²) in [5.74, 6) is -1.63. The van der Waals surface area contributed by atoms with Gasteiger partial charge in [-0.3, -0.25) is 14.6 Å². The molecule has 0 radical (unpaired) electrons. The second-order valence-corrected chi connectivity index (χ2v) is 10.4. The second kappa shape index (κ2) is 9.72. The Balaban J connectivity index is 1.58. The van der Waals surface area contributed by atoms with Crippen molar-refractivity contribution in [1.29, 1.82) is 0 Å². The highest BCUT2D eigenvalue weighted by Crippen LogP contribution is 2.66. The number of nitrogens with zero attached hydrogens (tertiary/aromatic N) is 3. The van der Waals surface area contributed by atoms with E-state index >= 15 is 4.39 Å². The minimum absolute atomic E-state index is 0.0663. The van der Waals surface area contributed by atoms with Gasteiger partial charge in [-0.2, -0.15) is 0 Å². The zero-order chi connectivity index (χ0) is 26.3. The number of thioether (sulfide) groups is 1. The fourth-order valence-corrected chi connectivity index (χ4v) is 5.87. The van der Waals surface area contributed by atoms with E-state index in [0.29, 0.717) is 24.5 Å². The maximum Gasteiger partial charge on any atom is 0.258 e. The average Bonchev–Trinajstić information content (AvgIpc) is 3.57. The lowest BCUT2D eigenvalue weighted by Gasteiger charge is -2.34. The molecule has 1 fully saturated rings. The van der Waals surface area contributed by atoms with Gasteiger partial charge in [-0.05, 0) is 44.9 Å². The Kier molecular flexibility index (Phi) is 7.00. The first-order valence-electron chi connectivity index (χ1n) is 11.4. The Labute approximate surface area is 210 Å². The molecule has 1 aliphatic heterocycles. The number of hydrogen-bond acceptors (Lipinski definition) is 8. The van der Waals surface area contributed by atoms with Crippen LogP contribution in [0.2, 0.25) is 0 Å². The standard InChI is InChI=1S/C24H26F3N5O3S/c1-4-35-19-11-29-16(10-30-19)17(33)8-13-5-6-15(25)14(7-13)23(3)18-9-24(18,36-22(28)32-23)21(34)31-12(2)20(26)27/h5-7,10-12,18,20H,4,8-9H2,1-3H3,(H2,28,32)(H,31,34)/t12?,18-,23+,24-/m0/s1. The van der Waals surface area contributed by atoms with Crippen LogP contribution in [0.3, 0.4) is 0 Å². The molecule has 0 saturated heterocycles. The Bertz CT molecular complexity index is 1210. The van der Waals surface area contributed by atoms with Gasteiger partial charge in [0.05, 0.1) is 30.6 Å². The van der Waals surface area contributed by atoms with Gasteiger partial charge < -0.3 is 15.8 Å². The second-order valence-electron chi connectivity index (χ2n) is 9.03. The molecule has 2 aliphatic rings. The summed E-state index contributed by atoms with van der Waals surface area (Å²) < 4.78 is 45.2. The first kappa shape index (κ1) is 25.9. The summed E-state index contributed by atoms with van der Waals surface area (Å²) in [6.45, 7) is 5.10. The lowest BCUT2D eigenvalue weighted by molar-refractivity contribution is -0.123. The smallest absolute Gasteiger partial charge is 0.258 e. The van der Waals surface area contributed by atoms with Gasteiger partial charge in [-0.1, -0.05) is 17.8 Å². The number of nitrogens with two attached hydrogens (primary N) is 1. The van der Waals surface area contributed by atoms with Crippen LogP contribution in [0.15, 0.2) is 35.6 Å². The topological polar surface area (TPSA) is 120 Å². The number of hydrogen-bond donors (Lipinski definition) is 2. The molecule has 8 nitrogen and oxygen atoms in total. The van der Waals surface area contributed by atoms with Crippen molar-refractivity contribution < 1.29 is 27.5 Å². The minimum Gasteiger partial charge on any atom is -0.477 e. The lowest BCUT2D eigenvalue weighted by atomic mass is 9.84. The lowest BCUT2D eigenvalue weighted by Crippen LogP contribution is -2.48. The third-order valence-electron chi connectivity index (χ3n) is 6.49. The fraction of sp³-hybridized carbons (Fsp3) is 0.458. The molecule has 1 unspecified atom stereocenters. The first-order chi connectivity index (χ1) is 17.0. The number of benzene rings is 1. The molecule has 1 saturated carbocycles. The molecule has 1 amide bonds. The number of carbonyl (C=O) groups is 2. The highest BCUT2D eigenvalue weighted by atomic mass is 32.2. The van der Waals surface area contributed by atoms with Crippen LogP contribution < -0.4 is 15.8 Å². The van der Waals surface area contributed by atoms with Crippen molar-refractivity contribution >= 4 is 28.6 Å². The number of Topliss-reactive ketones (excluding diaryl/α,β-unsaturated/α-hetero) is 1. The summed E-state index contributed by atoms with van der Waals surface area (Å²) in [6, 6.07) is 2.93. The molecule has 192 valence electrons. The highest BCUT2D eigenvalue weighted by molar-refractivity contribution is 8.15. The number of amidine groups is 1. The van der Waals surface area contributed by atoms with Crippen molar-refractivity contribution in [3.05, 3.63) is 53.2 Å². The molecule has 2 aromatic rings. The van der Waals surface area contributed by atoms with Gasteiger partial charge in [0.25, 0.3) is 6.43 Å². The van der Waals surface area contributed by atoms with Crippen LogP contribution in [-0.4, -0.2) is 50.6 Å².